The molecule has 0 saturated heterocycles. The number of methoxy groups -OCH3 is 1. The summed E-state index contributed by atoms with van der Waals surface area (Å²) in [5.74, 6) is -0.547. The van der Waals surface area contributed by atoms with Gasteiger partial charge in [0.1, 0.15) is 0 Å². The number of rotatable bonds is 6. The van der Waals surface area contributed by atoms with Crippen LogP contribution in [-0.2, 0) is 23.1 Å². The molecule has 1 aromatic carbocycles. The Morgan fingerprint density at radius 1 is 1.20 bits per heavy atom. The van der Waals surface area contributed by atoms with Crippen LogP contribution in [0.5, 0.6) is 0 Å². The van der Waals surface area contributed by atoms with Crippen molar-refractivity contribution in [3.63, 3.8) is 0 Å². The summed E-state index contributed by atoms with van der Waals surface area (Å²) in [7, 11) is 0.565. The Kier molecular flexibility index (Phi) is 6.43. The van der Waals surface area contributed by atoms with E-state index in [-0.39, 0.29) is 6.16 Å². The minimum atomic E-state index is -3.29. The van der Waals surface area contributed by atoms with Gasteiger partial charge >= 0.3 is 13.6 Å². The summed E-state index contributed by atoms with van der Waals surface area (Å²) >= 11 is 5.82. The van der Waals surface area contributed by atoms with Crippen molar-refractivity contribution in [1.82, 2.24) is 0 Å². The van der Waals surface area contributed by atoms with E-state index in [0.29, 0.717) is 16.2 Å². The lowest BCUT2D eigenvalue weighted by atomic mass is 10.1. The Labute approximate surface area is 123 Å². The molecule has 0 aliphatic carbocycles. The Hall–Kier alpha value is -1.13. The second-order valence-corrected chi connectivity index (χ2v) is 6.54. The summed E-state index contributed by atoms with van der Waals surface area (Å²) in [4.78, 5) is 11.4. The highest BCUT2D eigenvalue weighted by Crippen LogP contribution is 2.49. The van der Waals surface area contributed by atoms with Crippen LogP contribution in [0.25, 0.3) is 5.57 Å². The van der Waals surface area contributed by atoms with E-state index in [4.69, 9.17) is 20.6 Å². The van der Waals surface area contributed by atoms with Gasteiger partial charge in [-0.1, -0.05) is 23.7 Å². The monoisotopic (exact) mass is 318 g/mol. The fourth-order valence-corrected chi connectivity index (χ4v) is 2.72. The van der Waals surface area contributed by atoms with Crippen molar-refractivity contribution < 1.29 is 23.1 Å². The topological polar surface area (TPSA) is 61.8 Å². The van der Waals surface area contributed by atoms with Crippen LogP contribution in [-0.4, -0.2) is 33.5 Å². The van der Waals surface area contributed by atoms with E-state index in [2.05, 4.69) is 4.74 Å². The fourth-order valence-electron chi connectivity index (χ4n) is 1.50. The van der Waals surface area contributed by atoms with Crippen molar-refractivity contribution in [2.24, 2.45) is 0 Å². The van der Waals surface area contributed by atoms with Crippen LogP contribution in [0, 0.1) is 0 Å². The molecule has 0 unspecified atom stereocenters. The van der Waals surface area contributed by atoms with Crippen LogP contribution in [0.15, 0.2) is 30.3 Å². The zero-order valence-electron chi connectivity index (χ0n) is 11.5. The molecule has 20 heavy (non-hydrogen) atoms. The van der Waals surface area contributed by atoms with Crippen molar-refractivity contribution in [3.05, 3.63) is 40.9 Å². The summed E-state index contributed by atoms with van der Waals surface area (Å²) in [6.07, 6.45) is 1.21. The first kappa shape index (κ1) is 16.9. The van der Waals surface area contributed by atoms with E-state index in [1.54, 1.807) is 24.3 Å². The quantitative estimate of drug-likeness (QED) is 0.457. The minimum Gasteiger partial charge on any atom is -0.466 e. The molecule has 0 N–H and O–H groups in total. The summed E-state index contributed by atoms with van der Waals surface area (Å²) in [6, 6.07) is 6.78. The average molecular weight is 319 g/mol. The standard InChI is InChI=1S/C13H16ClO5P/c1-17-13(15)8-11(9-20(16,18-2)19-3)10-4-6-12(14)7-5-10/h4-8H,9H2,1-3H3/b11-8+. The highest BCUT2D eigenvalue weighted by molar-refractivity contribution is 7.54. The Bertz CT molecular complexity index is 530. The molecular formula is C13H16ClO5P. The maximum atomic E-state index is 12.2. The lowest BCUT2D eigenvalue weighted by Gasteiger charge is -2.16. The Balaban J connectivity index is 3.16. The molecule has 0 atom stereocenters. The molecule has 0 fully saturated rings. The predicted molar refractivity (Wildman–Crippen MR) is 77.9 cm³/mol. The molecule has 5 nitrogen and oxygen atoms in total. The van der Waals surface area contributed by atoms with Crippen molar-refractivity contribution in [2.45, 2.75) is 0 Å². The summed E-state index contributed by atoms with van der Waals surface area (Å²) in [5.41, 5.74) is 1.18. The molecule has 0 radical (unpaired) electrons. The van der Waals surface area contributed by atoms with Gasteiger partial charge in [-0.15, -0.1) is 0 Å². The van der Waals surface area contributed by atoms with E-state index in [9.17, 15) is 9.36 Å². The van der Waals surface area contributed by atoms with Crippen LogP contribution in [0.2, 0.25) is 5.02 Å². The summed E-state index contributed by atoms with van der Waals surface area (Å²) in [5, 5.41) is 0.563. The second kappa shape index (κ2) is 7.60. The van der Waals surface area contributed by atoms with E-state index in [1.807, 2.05) is 0 Å². The predicted octanol–water partition coefficient (Wildman–Crippen LogP) is 3.38. The molecule has 0 heterocycles. The molecule has 0 bridgehead atoms. The third-order valence-electron chi connectivity index (χ3n) is 2.63. The van der Waals surface area contributed by atoms with Crippen molar-refractivity contribution in [1.29, 1.82) is 0 Å². The van der Waals surface area contributed by atoms with E-state index in [1.165, 1.54) is 27.4 Å². The number of benzene rings is 1. The number of carbonyl (C=O) groups excluding carboxylic acids is 1. The van der Waals surface area contributed by atoms with Crippen molar-refractivity contribution in [2.75, 3.05) is 27.5 Å². The average Bonchev–Trinajstić information content (AvgIpc) is 2.47. The van der Waals surface area contributed by atoms with Gasteiger partial charge in [-0.05, 0) is 23.3 Å². The molecule has 0 spiro atoms. The first-order chi connectivity index (χ1) is 9.44. The molecule has 0 aliphatic rings. The SMILES string of the molecule is COC(=O)/C=C(\CP(=O)(OC)OC)c1ccc(Cl)cc1. The molecule has 0 amide bonds. The van der Waals surface area contributed by atoms with Crippen LogP contribution < -0.4 is 0 Å². The smallest absolute Gasteiger partial charge is 0.334 e. The van der Waals surface area contributed by atoms with Crippen molar-refractivity contribution >= 4 is 30.7 Å². The van der Waals surface area contributed by atoms with Crippen LogP contribution in [0.3, 0.4) is 0 Å². The molecular weight excluding hydrogens is 303 g/mol. The number of hydrogen-bond acceptors (Lipinski definition) is 5. The summed E-state index contributed by atoms with van der Waals surface area (Å²) < 4.78 is 26.6. The number of hydrogen-bond donors (Lipinski definition) is 0. The first-order valence-corrected chi connectivity index (χ1v) is 7.79. The molecule has 7 heteroatoms. The van der Waals surface area contributed by atoms with Gasteiger partial charge in [0, 0.05) is 25.3 Å². The molecule has 1 aromatic rings. The van der Waals surface area contributed by atoms with Gasteiger partial charge in [0.05, 0.1) is 13.3 Å². The highest BCUT2D eigenvalue weighted by atomic mass is 35.5. The van der Waals surface area contributed by atoms with Gasteiger partial charge in [0.2, 0.25) is 0 Å². The minimum absolute atomic E-state index is 0.0449. The largest absolute Gasteiger partial charge is 0.466 e. The zero-order valence-corrected chi connectivity index (χ0v) is 13.1. The maximum absolute atomic E-state index is 12.2. The van der Waals surface area contributed by atoms with Gasteiger partial charge in [-0.2, -0.15) is 0 Å². The molecule has 110 valence electrons. The number of ether oxygens (including phenoxy) is 1. The third kappa shape index (κ3) is 4.76. The zero-order chi connectivity index (χ0) is 15.2. The lowest BCUT2D eigenvalue weighted by Crippen LogP contribution is -2.02. The van der Waals surface area contributed by atoms with E-state index >= 15 is 0 Å². The normalized spacial score (nSPS) is 12.3. The number of carbonyl (C=O) groups is 1. The second-order valence-electron chi connectivity index (χ2n) is 3.83. The molecule has 1 rings (SSSR count). The van der Waals surface area contributed by atoms with E-state index in [0.717, 1.165) is 0 Å². The highest BCUT2D eigenvalue weighted by Gasteiger charge is 2.24. The number of halogens is 1. The third-order valence-corrected chi connectivity index (χ3v) is 4.72. The Morgan fingerprint density at radius 3 is 2.20 bits per heavy atom. The van der Waals surface area contributed by atoms with Crippen LogP contribution in [0.1, 0.15) is 5.56 Å². The van der Waals surface area contributed by atoms with Crippen molar-refractivity contribution in [3.8, 4) is 0 Å². The number of esters is 1. The van der Waals surface area contributed by atoms with E-state index < -0.39 is 13.6 Å². The maximum Gasteiger partial charge on any atom is 0.334 e. The van der Waals surface area contributed by atoms with Gasteiger partial charge < -0.3 is 13.8 Å². The molecule has 0 aliphatic heterocycles. The fraction of sp³-hybridized carbons (Fsp3) is 0.308. The summed E-state index contributed by atoms with van der Waals surface area (Å²) in [6.45, 7) is 0. The first-order valence-electron chi connectivity index (χ1n) is 5.69. The van der Waals surface area contributed by atoms with Crippen LogP contribution in [0.4, 0.5) is 0 Å². The number of allylic oxidation sites excluding steroid dienone is 1. The van der Waals surface area contributed by atoms with Gasteiger partial charge in [-0.3, -0.25) is 4.57 Å². The molecule has 0 saturated carbocycles. The van der Waals surface area contributed by atoms with Gasteiger partial charge in [0.25, 0.3) is 0 Å². The van der Waals surface area contributed by atoms with Gasteiger partial charge in [-0.25, -0.2) is 4.79 Å². The lowest BCUT2D eigenvalue weighted by molar-refractivity contribution is -0.134. The van der Waals surface area contributed by atoms with Gasteiger partial charge in [0.15, 0.2) is 0 Å². The van der Waals surface area contributed by atoms with Crippen LogP contribution >= 0.6 is 19.2 Å². The Morgan fingerprint density at radius 2 is 1.75 bits per heavy atom. The molecule has 0 aromatic heterocycles.